The van der Waals surface area contributed by atoms with Crippen LogP contribution in [0, 0.1) is 0 Å². The van der Waals surface area contributed by atoms with Crippen LogP contribution in [-0.4, -0.2) is 55.4 Å². The maximum atomic E-state index is 10.3. The second-order valence-electron chi connectivity index (χ2n) is 6.47. The normalized spacial score (nSPS) is 18.2. The quantitative estimate of drug-likeness (QED) is 0.517. The van der Waals surface area contributed by atoms with Crippen LogP contribution in [0.15, 0.2) is 30.3 Å². The standard InChI is InChI=1S/C19H30N2O/c1-18(19-9-5-4-6-10-19)17-21-14-12-20(13-15-21)11-7-2-3-8-16-22/h4-6,9-10,16,18H,2-3,7-8,11-15,17H2,1H3. The smallest absolute Gasteiger partial charge is 0.119 e. The average molecular weight is 302 g/mol. The van der Waals surface area contributed by atoms with Gasteiger partial charge >= 0.3 is 0 Å². The molecule has 0 aromatic heterocycles. The zero-order chi connectivity index (χ0) is 15.6. The Bertz CT molecular complexity index is 413. The molecule has 22 heavy (non-hydrogen) atoms. The van der Waals surface area contributed by atoms with Gasteiger partial charge in [0.1, 0.15) is 6.29 Å². The molecule has 122 valence electrons. The van der Waals surface area contributed by atoms with Gasteiger partial charge in [0.25, 0.3) is 0 Å². The Morgan fingerprint density at radius 1 is 1.00 bits per heavy atom. The van der Waals surface area contributed by atoms with Gasteiger partial charge in [0.05, 0.1) is 0 Å². The van der Waals surface area contributed by atoms with E-state index in [-0.39, 0.29) is 0 Å². The molecular formula is C19H30N2O. The van der Waals surface area contributed by atoms with Gasteiger partial charge in [0.2, 0.25) is 0 Å². The van der Waals surface area contributed by atoms with Gasteiger partial charge in [-0.05, 0) is 30.9 Å². The molecule has 0 saturated carbocycles. The lowest BCUT2D eigenvalue weighted by Gasteiger charge is -2.36. The van der Waals surface area contributed by atoms with Crippen LogP contribution < -0.4 is 0 Å². The Hall–Kier alpha value is -1.19. The monoisotopic (exact) mass is 302 g/mol. The molecule has 1 atom stereocenters. The van der Waals surface area contributed by atoms with Crippen LogP contribution in [0.25, 0.3) is 0 Å². The van der Waals surface area contributed by atoms with E-state index in [1.807, 2.05) is 0 Å². The number of unbranched alkanes of at least 4 members (excludes halogenated alkanes) is 3. The number of hydrogen-bond acceptors (Lipinski definition) is 3. The van der Waals surface area contributed by atoms with Crippen molar-refractivity contribution < 1.29 is 4.79 Å². The zero-order valence-electron chi connectivity index (χ0n) is 13.9. The van der Waals surface area contributed by atoms with Gasteiger partial charge in [-0.25, -0.2) is 0 Å². The van der Waals surface area contributed by atoms with Crippen LogP contribution >= 0.6 is 0 Å². The highest BCUT2D eigenvalue weighted by Crippen LogP contribution is 2.17. The Morgan fingerprint density at radius 2 is 1.68 bits per heavy atom. The first-order chi connectivity index (χ1) is 10.8. The van der Waals surface area contributed by atoms with E-state index >= 15 is 0 Å². The Balaban J connectivity index is 1.61. The van der Waals surface area contributed by atoms with E-state index < -0.39 is 0 Å². The number of hydrogen-bond donors (Lipinski definition) is 0. The predicted molar refractivity (Wildman–Crippen MR) is 92.3 cm³/mol. The number of carbonyl (C=O) groups is 1. The maximum absolute atomic E-state index is 10.3. The summed E-state index contributed by atoms with van der Waals surface area (Å²) in [6, 6.07) is 10.8. The first-order valence-corrected chi connectivity index (χ1v) is 8.73. The van der Waals surface area contributed by atoms with Crippen LogP contribution in [0.4, 0.5) is 0 Å². The summed E-state index contributed by atoms with van der Waals surface area (Å²) < 4.78 is 0. The molecular weight excluding hydrogens is 272 g/mol. The molecule has 0 spiro atoms. The highest BCUT2D eigenvalue weighted by atomic mass is 16.1. The first-order valence-electron chi connectivity index (χ1n) is 8.73. The minimum atomic E-state index is 0.607. The van der Waals surface area contributed by atoms with Gasteiger partial charge < -0.3 is 14.6 Å². The van der Waals surface area contributed by atoms with E-state index in [9.17, 15) is 4.79 Å². The molecule has 0 amide bonds. The molecule has 3 heteroatoms. The molecule has 1 saturated heterocycles. The topological polar surface area (TPSA) is 23.6 Å². The van der Waals surface area contributed by atoms with Crippen molar-refractivity contribution in [3.05, 3.63) is 35.9 Å². The van der Waals surface area contributed by atoms with Crippen molar-refractivity contribution in [2.24, 2.45) is 0 Å². The number of carbonyl (C=O) groups excluding carboxylic acids is 1. The van der Waals surface area contributed by atoms with E-state index in [4.69, 9.17) is 0 Å². The second-order valence-corrected chi connectivity index (χ2v) is 6.47. The van der Waals surface area contributed by atoms with Gasteiger partial charge in [-0.1, -0.05) is 43.7 Å². The van der Waals surface area contributed by atoms with E-state index in [1.165, 1.54) is 51.1 Å². The van der Waals surface area contributed by atoms with Crippen LogP contribution in [0.1, 0.15) is 44.1 Å². The fourth-order valence-corrected chi connectivity index (χ4v) is 3.21. The second kappa shape index (κ2) is 9.75. The summed E-state index contributed by atoms with van der Waals surface area (Å²) in [5.41, 5.74) is 1.44. The van der Waals surface area contributed by atoms with Crippen molar-refractivity contribution >= 4 is 6.29 Å². The molecule has 1 aliphatic rings. The molecule has 1 aromatic carbocycles. The highest BCUT2D eigenvalue weighted by Gasteiger charge is 2.18. The number of rotatable bonds is 9. The van der Waals surface area contributed by atoms with Crippen molar-refractivity contribution in [2.75, 3.05) is 39.3 Å². The first kappa shape index (κ1) is 17.2. The minimum absolute atomic E-state index is 0.607. The lowest BCUT2D eigenvalue weighted by Crippen LogP contribution is -2.47. The maximum Gasteiger partial charge on any atom is 0.119 e. The summed E-state index contributed by atoms with van der Waals surface area (Å²) in [7, 11) is 0. The molecule has 3 nitrogen and oxygen atoms in total. The fourth-order valence-electron chi connectivity index (χ4n) is 3.21. The average Bonchev–Trinajstić information content (AvgIpc) is 2.57. The third-order valence-electron chi connectivity index (χ3n) is 4.66. The van der Waals surface area contributed by atoms with Gasteiger partial charge in [-0.15, -0.1) is 0 Å². The molecule has 1 aliphatic heterocycles. The SMILES string of the molecule is CC(CN1CCN(CCCCCC=O)CC1)c1ccccc1. The lowest BCUT2D eigenvalue weighted by molar-refractivity contribution is -0.107. The molecule has 1 unspecified atom stereocenters. The van der Waals surface area contributed by atoms with E-state index in [2.05, 4.69) is 47.1 Å². The van der Waals surface area contributed by atoms with E-state index in [1.54, 1.807) is 0 Å². The Labute approximate surface area is 135 Å². The molecule has 2 rings (SSSR count). The summed E-state index contributed by atoms with van der Waals surface area (Å²) in [6.07, 6.45) is 5.23. The molecule has 1 heterocycles. The molecule has 0 radical (unpaired) electrons. The van der Waals surface area contributed by atoms with Crippen LogP contribution in [0.2, 0.25) is 0 Å². The number of piperazine rings is 1. The fraction of sp³-hybridized carbons (Fsp3) is 0.632. The Kier molecular flexibility index (Phi) is 7.61. The van der Waals surface area contributed by atoms with Gasteiger partial charge in [-0.2, -0.15) is 0 Å². The van der Waals surface area contributed by atoms with Crippen molar-refractivity contribution in [2.45, 2.75) is 38.5 Å². The van der Waals surface area contributed by atoms with Gasteiger partial charge in [-0.3, -0.25) is 0 Å². The highest BCUT2D eigenvalue weighted by molar-refractivity contribution is 5.48. The predicted octanol–water partition coefficient (Wildman–Crippen LogP) is 3.17. The van der Waals surface area contributed by atoms with Crippen molar-refractivity contribution in [3.63, 3.8) is 0 Å². The van der Waals surface area contributed by atoms with Crippen LogP contribution in [0.5, 0.6) is 0 Å². The molecule has 0 bridgehead atoms. The molecule has 1 aromatic rings. The van der Waals surface area contributed by atoms with Gasteiger partial charge in [0, 0.05) is 39.1 Å². The van der Waals surface area contributed by atoms with Gasteiger partial charge in [0.15, 0.2) is 0 Å². The molecule has 1 fully saturated rings. The van der Waals surface area contributed by atoms with E-state index in [0.717, 1.165) is 25.7 Å². The molecule has 0 aliphatic carbocycles. The number of nitrogens with zero attached hydrogens (tertiary/aromatic N) is 2. The van der Waals surface area contributed by atoms with Crippen LogP contribution in [-0.2, 0) is 4.79 Å². The minimum Gasteiger partial charge on any atom is -0.303 e. The summed E-state index contributed by atoms with van der Waals surface area (Å²) >= 11 is 0. The summed E-state index contributed by atoms with van der Waals surface area (Å²) in [5.74, 6) is 0.607. The van der Waals surface area contributed by atoms with Crippen molar-refractivity contribution in [1.29, 1.82) is 0 Å². The zero-order valence-corrected chi connectivity index (χ0v) is 13.9. The third kappa shape index (κ3) is 5.90. The van der Waals surface area contributed by atoms with Crippen LogP contribution in [0.3, 0.4) is 0 Å². The third-order valence-corrected chi connectivity index (χ3v) is 4.66. The summed E-state index contributed by atoms with van der Waals surface area (Å²) in [4.78, 5) is 15.5. The van der Waals surface area contributed by atoms with E-state index in [0.29, 0.717) is 5.92 Å². The summed E-state index contributed by atoms with van der Waals surface area (Å²) in [6.45, 7) is 9.44. The summed E-state index contributed by atoms with van der Waals surface area (Å²) in [5, 5.41) is 0. The Morgan fingerprint density at radius 3 is 2.36 bits per heavy atom. The largest absolute Gasteiger partial charge is 0.303 e. The molecule has 0 N–H and O–H groups in total. The number of aldehydes is 1. The van der Waals surface area contributed by atoms with Crippen molar-refractivity contribution in [3.8, 4) is 0 Å². The number of benzene rings is 1. The lowest BCUT2D eigenvalue weighted by atomic mass is 10.0. The van der Waals surface area contributed by atoms with Crippen molar-refractivity contribution in [1.82, 2.24) is 9.80 Å².